The van der Waals surface area contributed by atoms with Gasteiger partial charge in [-0.05, 0) is 48.6 Å². The van der Waals surface area contributed by atoms with Gasteiger partial charge in [0.25, 0.3) is 0 Å². The van der Waals surface area contributed by atoms with Crippen LogP contribution in [0.4, 0.5) is 5.82 Å². The second-order valence-corrected chi connectivity index (χ2v) is 10.5. The fraction of sp³-hybridized carbons (Fsp3) is 0.278. The van der Waals surface area contributed by atoms with Gasteiger partial charge in [0, 0.05) is 10.5 Å². The molecule has 1 aliphatic rings. The molecule has 10 heteroatoms. The smallest absolute Gasteiger partial charge is 0.229 e. The molecule has 28 heavy (non-hydrogen) atoms. The van der Waals surface area contributed by atoms with E-state index in [1.807, 2.05) is 11.4 Å². The number of benzene rings is 1. The summed E-state index contributed by atoms with van der Waals surface area (Å²) in [5.41, 5.74) is 1.05. The van der Waals surface area contributed by atoms with Crippen LogP contribution in [0.3, 0.4) is 0 Å². The van der Waals surface area contributed by atoms with E-state index in [1.165, 1.54) is 17.4 Å². The maximum absolute atomic E-state index is 13.2. The third-order valence-electron chi connectivity index (χ3n) is 5.00. The minimum Gasteiger partial charge on any atom is -0.366 e. The summed E-state index contributed by atoms with van der Waals surface area (Å²) in [6, 6.07) is 8.75. The maximum Gasteiger partial charge on any atom is 0.229 e. The van der Waals surface area contributed by atoms with Gasteiger partial charge in [-0.15, -0.1) is 16.4 Å². The van der Waals surface area contributed by atoms with Gasteiger partial charge in [-0.1, -0.05) is 34.0 Å². The molecular weight excluding hydrogens is 462 g/mol. The van der Waals surface area contributed by atoms with Gasteiger partial charge in [-0.2, -0.15) is 4.52 Å². The highest BCUT2D eigenvalue weighted by molar-refractivity contribution is 9.10. The van der Waals surface area contributed by atoms with Gasteiger partial charge in [0.1, 0.15) is 5.82 Å². The van der Waals surface area contributed by atoms with E-state index in [9.17, 15) is 8.42 Å². The zero-order chi connectivity index (χ0) is 19.3. The van der Waals surface area contributed by atoms with Crippen LogP contribution in [0.1, 0.15) is 25.7 Å². The first-order valence-corrected chi connectivity index (χ1v) is 12.1. The molecule has 3 aromatic heterocycles. The van der Waals surface area contributed by atoms with Crippen molar-refractivity contribution in [1.82, 2.24) is 19.8 Å². The largest absolute Gasteiger partial charge is 0.366 e. The molecule has 5 rings (SSSR count). The number of rotatable bonds is 4. The summed E-state index contributed by atoms with van der Waals surface area (Å²) >= 11 is 4.89. The molecule has 144 valence electrons. The summed E-state index contributed by atoms with van der Waals surface area (Å²) in [4.78, 5) is 4.82. The zero-order valence-corrected chi connectivity index (χ0v) is 17.9. The molecule has 7 nitrogen and oxygen atoms in total. The standard InChI is InChI=1S/C18H16BrN5O2S2/c19-11-5-7-13(8-6-11)28(25,26)18-17-21-16(20-12-3-1-2-4-12)15-14(9-10-27-15)24(17)23-22-18/h5-10,12H,1-4H2,(H,20,21). The van der Waals surface area contributed by atoms with E-state index >= 15 is 0 Å². The minimum atomic E-state index is -3.84. The lowest BCUT2D eigenvalue weighted by molar-refractivity contribution is 0.592. The summed E-state index contributed by atoms with van der Waals surface area (Å²) < 4.78 is 29.6. The van der Waals surface area contributed by atoms with Crippen molar-refractivity contribution >= 4 is 58.8 Å². The molecule has 3 heterocycles. The summed E-state index contributed by atoms with van der Waals surface area (Å²) in [5.74, 6) is 0.707. The number of halogens is 1. The summed E-state index contributed by atoms with van der Waals surface area (Å²) in [7, 11) is -3.84. The Balaban J connectivity index is 1.69. The van der Waals surface area contributed by atoms with Crippen molar-refractivity contribution in [2.75, 3.05) is 5.32 Å². The molecule has 1 N–H and O–H groups in total. The summed E-state index contributed by atoms with van der Waals surface area (Å²) in [6.07, 6.45) is 4.60. The van der Waals surface area contributed by atoms with E-state index in [0.29, 0.717) is 11.9 Å². The third-order valence-corrected chi connectivity index (χ3v) is 8.10. The lowest BCUT2D eigenvalue weighted by atomic mass is 10.2. The van der Waals surface area contributed by atoms with Crippen molar-refractivity contribution in [2.45, 2.75) is 41.6 Å². The predicted molar refractivity (Wildman–Crippen MR) is 112 cm³/mol. The minimum absolute atomic E-state index is 0.127. The van der Waals surface area contributed by atoms with Crippen LogP contribution in [-0.2, 0) is 9.84 Å². The Labute approximate surface area is 173 Å². The van der Waals surface area contributed by atoms with Gasteiger partial charge in [0.15, 0.2) is 5.65 Å². The molecule has 4 aromatic rings. The first-order chi connectivity index (χ1) is 13.5. The SMILES string of the molecule is O=S(=O)(c1ccc(Br)cc1)c1nnn2c1nc(NC1CCCC1)c1sccc12. The topological polar surface area (TPSA) is 89.2 Å². The average molecular weight is 478 g/mol. The Kier molecular flexibility index (Phi) is 4.37. The number of nitrogens with one attached hydrogen (secondary N) is 1. The molecule has 0 spiro atoms. The molecule has 1 saturated carbocycles. The summed E-state index contributed by atoms with van der Waals surface area (Å²) in [6.45, 7) is 0. The number of hydrogen-bond donors (Lipinski definition) is 1. The molecule has 1 fully saturated rings. The Morgan fingerprint density at radius 3 is 2.64 bits per heavy atom. The lowest BCUT2D eigenvalue weighted by Crippen LogP contribution is -2.16. The highest BCUT2D eigenvalue weighted by Crippen LogP contribution is 2.33. The van der Waals surface area contributed by atoms with Crippen molar-refractivity contribution in [3.8, 4) is 0 Å². The second-order valence-electron chi connectivity index (χ2n) is 6.81. The first-order valence-electron chi connectivity index (χ1n) is 8.94. The zero-order valence-electron chi connectivity index (χ0n) is 14.7. The molecule has 0 radical (unpaired) electrons. The lowest BCUT2D eigenvalue weighted by Gasteiger charge is -2.13. The van der Waals surface area contributed by atoms with Gasteiger partial charge in [0.05, 0.1) is 15.1 Å². The molecular formula is C18H16BrN5O2S2. The number of fused-ring (bicyclic) bond motifs is 3. The first kappa shape index (κ1) is 18.0. The van der Waals surface area contributed by atoms with Gasteiger partial charge >= 0.3 is 0 Å². The molecule has 1 aliphatic carbocycles. The molecule has 0 atom stereocenters. The monoisotopic (exact) mass is 477 g/mol. The number of sulfone groups is 1. The molecule has 0 bridgehead atoms. The highest BCUT2D eigenvalue weighted by Gasteiger charge is 2.28. The molecule has 1 aromatic carbocycles. The molecule has 0 aliphatic heterocycles. The van der Waals surface area contributed by atoms with Crippen LogP contribution >= 0.6 is 27.3 Å². The Hall–Kier alpha value is -2.04. The number of nitrogens with zero attached hydrogens (tertiary/aromatic N) is 4. The van der Waals surface area contributed by atoms with Crippen LogP contribution < -0.4 is 5.32 Å². The van der Waals surface area contributed by atoms with Gasteiger partial charge < -0.3 is 5.32 Å². The average Bonchev–Trinajstić information content (AvgIpc) is 3.42. The highest BCUT2D eigenvalue weighted by atomic mass is 79.9. The quantitative estimate of drug-likeness (QED) is 0.471. The number of hydrogen-bond acceptors (Lipinski definition) is 7. The van der Waals surface area contributed by atoms with Crippen molar-refractivity contribution in [3.05, 3.63) is 40.2 Å². The predicted octanol–water partition coefficient (Wildman–Crippen LogP) is 4.29. The van der Waals surface area contributed by atoms with Crippen molar-refractivity contribution < 1.29 is 8.42 Å². The van der Waals surface area contributed by atoms with Crippen LogP contribution in [0.25, 0.3) is 15.9 Å². The summed E-state index contributed by atoms with van der Waals surface area (Å²) in [5, 5.41) is 13.4. The van der Waals surface area contributed by atoms with Crippen LogP contribution in [0.5, 0.6) is 0 Å². The van der Waals surface area contributed by atoms with Crippen LogP contribution in [0.2, 0.25) is 0 Å². The van der Waals surface area contributed by atoms with Gasteiger partial charge in [-0.3, -0.25) is 0 Å². The van der Waals surface area contributed by atoms with E-state index < -0.39 is 9.84 Å². The Bertz CT molecular complexity index is 1270. The van der Waals surface area contributed by atoms with E-state index in [1.54, 1.807) is 35.6 Å². The Morgan fingerprint density at radius 1 is 1.14 bits per heavy atom. The maximum atomic E-state index is 13.2. The fourth-order valence-electron chi connectivity index (χ4n) is 3.58. The number of aromatic nitrogens is 4. The van der Waals surface area contributed by atoms with Gasteiger partial charge in [-0.25, -0.2) is 13.4 Å². The molecule has 0 saturated heterocycles. The van der Waals surface area contributed by atoms with Crippen LogP contribution in [-0.4, -0.2) is 34.3 Å². The van der Waals surface area contributed by atoms with E-state index in [4.69, 9.17) is 0 Å². The second kappa shape index (κ2) is 6.78. The third kappa shape index (κ3) is 2.90. The van der Waals surface area contributed by atoms with E-state index in [2.05, 4.69) is 36.5 Å². The Morgan fingerprint density at radius 2 is 1.89 bits per heavy atom. The number of anilines is 1. The fourth-order valence-corrected chi connectivity index (χ4v) is 5.91. The number of thiophene rings is 1. The normalized spacial score (nSPS) is 15.6. The molecule has 0 amide bonds. The van der Waals surface area contributed by atoms with Crippen molar-refractivity contribution in [3.63, 3.8) is 0 Å². The van der Waals surface area contributed by atoms with Crippen LogP contribution in [0.15, 0.2) is 50.1 Å². The van der Waals surface area contributed by atoms with E-state index in [0.717, 1.165) is 27.5 Å². The van der Waals surface area contributed by atoms with E-state index in [-0.39, 0.29) is 15.6 Å². The van der Waals surface area contributed by atoms with Crippen molar-refractivity contribution in [2.24, 2.45) is 0 Å². The molecule has 0 unspecified atom stereocenters. The van der Waals surface area contributed by atoms with Gasteiger partial charge in [0.2, 0.25) is 14.9 Å². The van der Waals surface area contributed by atoms with Crippen molar-refractivity contribution in [1.29, 1.82) is 0 Å². The van der Waals surface area contributed by atoms with Crippen LogP contribution in [0, 0.1) is 0 Å².